The van der Waals surface area contributed by atoms with E-state index in [2.05, 4.69) is 26.1 Å². The fourth-order valence-corrected chi connectivity index (χ4v) is 5.97. The molecule has 0 atom stereocenters. The molecule has 3 aromatic rings. The van der Waals surface area contributed by atoms with E-state index in [1.807, 2.05) is 12.1 Å². The van der Waals surface area contributed by atoms with Crippen LogP contribution in [0.25, 0.3) is 0 Å². The molecule has 10 nitrogen and oxygen atoms in total. The zero-order valence-electron chi connectivity index (χ0n) is 25.6. The number of carbonyl (C=O) groups excluding carboxylic acids is 3. The van der Waals surface area contributed by atoms with Gasteiger partial charge in [0.25, 0.3) is 11.8 Å². The fourth-order valence-electron chi connectivity index (χ4n) is 4.86. The summed E-state index contributed by atoms with van der Waals surface area (Å²) in [7, 11) is 0. The van der Waals surface area contributed by atoms with Gasteiger partial charge in [-0.05, 0) is 72.9 Å². The maximum absolute atomic E-state index is 13.4. The van der Waals surface area contributed by atoms with E-state index in [9.17, 15) is 32.3 Å². The number of benzene rings is 3. The standard InChI is InChI=1S/C33H33ClF3N5O5S/c34-27-9-7-21(16-26(27)33(35,36)37)18-39-41-32(47)25-17-24(42-12-2-1-3-13-42)8-10-28(25)40-31(46)23-6-4-5-22(15-23)20-48-14-11-29(43)38-19-30(44)45/h4-10,15-18H,1-3,11-14,19-20H2,(H,38,43)(H,40,46)(H,41,47)(H,44,45)/b39-18+. The smallest absolute Gasteiger partial charge is 0.417 e. The summed E-state index contributed by atoms with van der Waals surface area (Å²) in [6, 6.07) is 15.2. The maximum atomic E-state index is 13.4. The number of carbonyl (C=O) groups is 4. The Balaban J connectivity index is 1.46. The molecule has 3 aromatic carbocycles. The summed E-state index contributed by atoms with van der Waals surface area (Å²) in [5, 5.41) is 17.1. The first-order chi connectivity index (χ1) is 22.9. The number of carboxylic acids is 1. The van der Waals surface area contributed by atoms with Gasteiger partial charge in [0, 0.05) is 42.3 Å². The van der Waals surface area contributed by atoms with Gasteiger partial charge in [0.1, 0.15) is 6.54 Å². The van der Waals surface area contributed by atoms with E-state index in [4.69, 9.17) is 16.7 Å². The van der Waals surface area contributed by atoms with Crippen LogP contribution in [0.1, 0.15) is 63.1 Å². The van der Waals surface area contributed by atoms with Crippen molar-refractivity contribution in [2.45, 2.75) is 37.6 Å². The van der Waals surface area contributed by atoms with Gasteiger partial charge < -0.3 is 20.6 Å². The molecule has 1 aliphatic rings. The van der Waals surface area contributed by atoms with Crippen LogP contribution in [0.3, 0.4) is 0 Å². The van der Waals surface area contributed by atoms with E-state index in [0.717, 1.165) is 62.0 Å². The molecular weight excluding hydrogens is 671 g/mol. The predicted molar refractivity (Wildman–Crippen MR) is 180 cm³/mol. The number of rotatable bonds is 13. The average molecular weight is 704 g/mol. The number of nitrogens with zero attached hydrogens (tertiary/aromatic N) is 2. The number of hydrogen-bond donors (Lipinski definition) is 4. The number of nitrogens with one attached hydrogen (secondary N) is 3. The van der Waals surface area contributed by atoms with Crippen LogP contribution >= 0.6 is 23.4 Å². The minimum atomic E-state index is -4.66. The van der Waals surface area contributed by atoms with Crippen molar-refractivity contribution in [3.8, 4) is 0 Å². The summed E-state index contributed by atoms with van der Waals surface area (Å²) in [6.07, 6.45) is -0.340. The van der Waals surface area contributed by atoms with Crippen LogP contribution in [0.5, 0.6) is 0 Å². The van der Waals surface area contributed by atoms with Gasteiger partial charge in [-0.25, -0.2) is 5.43 Å². The van der Waals surface area contributed by atoms with E-state index in [1.54, 1.807) is 30.3 Å². The predicted octanol–water partition coefficient (Wildman–Crippen LogP) is 6.19. The molecule has 1 aliphatic heterocycles. The van der Waals surface area contributed by atoms with E-state index >= 15 is 0 Å². The van der Waals surface area contributed by atoms with Crippen LogP contribution in [0.4, 0.5) is 24.5 Å². The molecule has 0 saturated carbocycles. The van der Waals surface area contributed by atoms with Gasteiger partial charge in [-0.1, -0.05) is 29.8 Å². The zero-order chi connectivity index (χ0) is 34.7. The molecule has 48 heavy (non-hydrogen) atoms. The third kappa shape index (κ3) is 10.7. The first kappa shape index (κ1) is 36.3. The molecule has 0 spiro atoms. The monoisotopic (exact) mass is 703 g/mol. The molecule has 0 radical (unpaired) electrons. The molecule has 4 rings (SSSR count). The zero-order valence-corrected chi connectivity index (χ0v) is 27.2. The molecule has 1 saturated heterocycles. The van der Waals surface area contributed by atoms with Gasteiger partial charge in [-0.2, -0.15) is 30.0 Å². The largest absolute Gasteiger partial charge is 0.480 e. The second-order valence-electron chi connectivity index (χ2n) is 10.8. The molecule has 3 amide bonds. The lowest BCUT2D eigenvalue weighted by Crippen LogP contribution is -2.30. The molecule has 1 fully saturated rings. The quantitative estimate of drug-likeness (QED) is 0.0946. The van der Waals surface area contributed by atoms with Crippen LogP contribution in [-0.4, -0.2) is 60.4 Å². The number of amides is 3. The normalized spacial score (nSPS) is 13.3. The summed E-state index contributed by atoms with van der Waals surface area (Å²) in [5.41, 5.74) is 3.66. The summed E-state index contributed by atoms with van der Waals surface area (Å²) < 4.78 is 39.8. The lowest BCUT2D eigenvalue weighted by Gasteiger charge is -2.29. The molecule has 15 heteroatoms. The molecule has 0 unspecified atom stereocenters. The highest BCUT2D eigenvalue weighted by molar-refractivity contribution is 7.98. The Kier molecular flexibility index (Phi) is 12.9. The Hall–Kier alpha value is -4.56. The molecule has 0 aliphatic carbocycles. The third-order valence-electron chi connectivity index (χ3n) is 7.26. The topological polar surface area (TPSA) is 140 Å². The molecule has 0 bridgehead atoms. The highest BCUT2D eigenvalue weighted by Crippen LogP contribution is 2.35. The summed E-state index contributed by atoms with van der Waals surface area (Å²) in [4.78, 5) is 51.1. The number of alkyl halides is 3. The van der Waals surface area contributed by atoms with E-state index in [1.165, 1.54) is 17.8 Å². The van der Waals surface area contributed by atoms with Gasteiger partial charge in [-0.3, -0.25) is 19.2 Å². The lowest BCUT2D eigenvalue weighted by molar-refractivity contribution is -0.138. The van der Waals surface area contributed by atoms with Crippen LogP contribution < -0.4 is 21.0 Å². The van der Waals surface area contributed by atoms with Crippen molar-refractivity contribution in [3.05, 3.63) is 93.5 Å². The maximum Gasteiger partial charge on any atom is 0.417 e. The van der Waals surface area contributed by atoms with E-state index in [-0.39, 0.29) is 29.1 Å². The molecule has 1 heterocycles. The molecular formula is C33H33ClF3N5O5S. The van der Waals surface area contributed by atoms with Crippen LogP contribution in [-0.2, 0) is 21.5 Å². The number of hydrogen-bond acceptors (Lipinski definition) is 7. The van der Waals surface area contributed by atoms with Crippen LogP contribution in [0.2, 0.25) is 5.02 Å². The summed E-state index contributed by atoms with van der Waals surface area (Å²) in [5.74, 6) is -1.68. The summed E-state index contributed by atoms with van der Waals surface area (Å²) in [6.45, 7) is 1.18. The van der Waals surface area contributed by atoms with Gasteiger partial charge in [0.15, 0.2) is 0 Å². The van der Waals surface area contributed by atoms with Crippen molar-refractivity contribution in [3.63, 3.8) is 0 Å². The first-order valence-electron chi connectivity index (χ1n) is 15.0. The average Bonchev–Trinajstić information content (AvgIpc) is 3.06. The minimum Gasteiger partial charge on any atom is -0.480 e. The van der Waals surface area contributed by atoms with E-state index < -0.39 is 41.1 Å². The van der Waals surface area contributed by atoms with Gasteiger partial charge in [0.2, 0.25) is 5.91 Å². The van der Waals surface area contributed by atoms with Crippen molar-refractivity contribution in [2.75, 3.05) is 35.6 Å². The molecule has 0 aromatic heterocycles. The second kappa shape index (κ2) is 17.0. The van der Waals surface area contributed by atoms with Crippen LogP contribution in [0, 0.1) is 0 Å². The molecule has 4 N–H and O–H groups in total. The van der Waals surface area contributed by atoms with Crippen molar-refractivity contribution >= 4 is 64.6 Å². The Morgan fingerprint density at radius 1 is 0.979 bits per heavy atom. The summed E-state index contributed by atoms with van der Waals surface area (Å²) >= 11 is 7.14. The van der Waals surface area contributed by atoms with Crippen molar-refractivity contribution in [1.29, 1.82) is 0 Å². The van der Waals surface area contributed by atoms with Gasteiger partial charge in [0.05, 0.1) is 28.1 Å². The number of hydrazone groups is 1. The number of halogens is 4. The van der Waals surface area contributed by atoms with Crippen molar-refractivity contribution in [2.24, 2.45) is 5.10 Å². The van der Waals surface area contributed by atoms with Crippen LogP contribution in [0.15, 0.2) is 65.8 Å². The van der Waals surface area contributed by atoms with Crippen molar-refractivity contribution in [1.82, 2.24) is 10.7 Å². The fraction of sp³-hybridized carbons (Fsp3) is 0.303. The number of aliphatic carboxylic acids is 1. The number of piperidine rings is 1. The van der Waals surface area contributed by atoms with Gasteiger partial charge >= 0.3 is 12.1 Å². The molecule has 254 valence electrons. The highest BCUT2D eigenvalue weighted by Gasteiger charge is 2.33. The Labute approximate surface area is 284 Å². The van der Waals surface area contributed by atoms with Gasteiger partial charge in [-0.15, -0.1) is 0 Å². The Bertz CT molecular complexity index is 1680. The second-order valence-corrected chi connectivity index (χ2v) is 12.4. The lowest BCUT2D eigenvalue weighted by atomic mass is 10.1. The van der Waals surface area contributed by atoms with E-state index in [0.29, 0.717) is 17.1 Å². The number of anilines is 2. The Morgan fingerprint density at radius 2 is 1.75 bits per heavy atom. The Morgan fingerprint density at radius 3 is 2.48 bits per heavy atom. The highest BCUT2D eigenvalue weighted by atomic mass is 35.5. The SMILES string of the molecule is O=C(O)CNC(=O)CCSCc1cccc(C(=O)Nc2ccc(N3CCCCC3)cc2C(=O)N/N=C/c2ccc(Cl)c(C(F)(F)F)c2)c1. The number of thioether (sulfide) groups is 1. The third-order valence-corrected chi connectivity index (χ3v) is 8.62. The minimum absolute atomic E-state index is 0.0714. The number of carboxylic acid groups (broad SMARTS) is 1. The van der Waals surface area contributed by atoms with Crippen molar-refractivity contribution < 1.29 is 37.5 Å². The first-order valence-corrected chi connectivity index (χ1v) is 16.5.